The second kappa shape index (κ2) is 29.6. The number of quaternary nitrogens is 1. The van der Waals surface area contributed by atoms with Gasteiger partial charge >= 0.3 is 0 Å². The molecule has 2 N–H and O–H groups in total. The van der Waals surface area contributed by atoms with Gasteiger partial charge in [0.25, 0.3) is 20.2 Å². The topological polar surface area (TPSA) is 234 Å². The zero-order valence-corrected chi connectivity index (χ0v) is 43.3. The number of benzene rings is 3. The molecule has 70 heavy (non-hydrogen) atoms. The van der Waals surface area contributed by atoms with Crippen molar-refractivity contribution in [3.05, 3.63) is 112 Å². The molecule has 0 aliphatic carbocycles. The van der Waals surface area contributed by atoms with Crippen LogP contribution in [0.4, 0.5) is 16.4 Å². The van der Waals surface area contributed by atoms with Crippen LogP contribution in [0.2, 0.25) is 0 Å². The minimum atomic E-state index is -4.01. The van der Waals surface area contributed by atoms with E-state index in [0.29, 0.717) is 136 Å². The number of ether oxygens (including phenoxy) is 5. The highest BCUT2D eigenvalue weighted by Gasteiger charge is 2.24. The van der Waals surface area contributed by atoms with E-state index in [1.807, 2.05) is 112 Å². The van der Waals surface area contributed by atoms with Crippen LogP contribution in [-0.4, -0.2) is 160 Å². The van der Waals surface area contributed by atoms with Crippen molar-refractivity contribution >= 4 is 47.9 Å². The van der Waals surface area contributed by atoms with Crippen molar-refractivity contribution in [2.45, 2.75) is 38.9 Å². The van der Waals surface area contributed by atoms with Gasteiger partial charge in [0.15, 0.2) is 5.00 Å². The molecule has 0 saturated heterocycles. The monoisotopic (exact) mass is 1030 g/mol. The van der Waals surface area contributed by atoms with Crippen LogP contribution in [0, 0.1) is 36.5 Å². The van der Waals surface area contributed by atoms with Gasteiger partial charge in [-0.2, -0.15) is 27.4 Å². The molecule has 1 heterocycles. The lowest BCUT2D eigenvalue weighted by Crippen LogP contribution is -2.43. The molecule has 2 unspecified atom stereocenters. The lowest BCUT2D eigenvalue weighted by molar-refractivity contribution is -0.890. The molecule has 0 aliphatic rings. The predicted octanol–water partition coefficient (Wildman–Crippen LogP) is 7.46. The van der Waals surface area contributed by atoms with E-state index in [1.165, 1.54) is 0 Å². The summed E-state index contributed by atoms with van der Waals surface area (Å²) in [6.07, 6.45) is -0.115. The first-order valence-corrected chi connectivity index (χ1v) is 27.1. The Morgan fingerprint density at radius 1 is 0.686 bits per heavy atom. The van der Waals surface area contributed by atoms with E-state index < -0.39 is 32.4 Å². The van der Waals surface area contributed by atoms with Gasteiger partial charge in [-0.25, -0.2) is 0 Å². The summed E-state index contributed by atoms with van der Waals surface area (Å²) in [5.41, 5.74) is 5.18. The predicted molar refractivity (Wildman–Crippen MR) is 270 cm³/mol. The number of nitriles is 2. The molecule has 21 heteroatoms. The summed E-state index contributed by atoms with van der Waals surface area (Å²) < 4.78 is 93.8. The van der Waals surface area contributed by atoms with Gasteiger partial charge in [-0.3, -0.25) is 9.11 Å². The van der Waals surface area contributed by atoms with Crippen LogP contribution >= 0.6 is 11.3 Å². The maximum absolute atomic E-state index is 11.2. The van der Waals surface area contributed by atoms with E-state index in [-0.39, 0.29) is 11.5 Å². The third-order valence-electron chi connectivity index (χ3n) is 11.3. The third kappa shape index (κ3) is 21.7. The number of nitrogens with zero attached hydrogens (tertiary/aromatic N) is 7. The number of rotatable bonds is 34. The molecule has 0 saturated carbocycles. The van der Waals surface area contributed by atoms with E-state index in [9.17, 15) is 27.4 Å². The Kier molecular flexibility index (Phi) is 24.4. The van der Waals surface area contributed by atoms with Gasteiger partial charge in [-0.05, 0) is 74.3 Å². The van der Waals surface area contributed by atoms with Crippen LogP contribution in [0.5, 0.6) is 0 Å². The van der Waals surface area contributed by atoms with Gasteiger partial charge in [0, 0.05) is 31.7 Å². The number of hydrogen-bond donors (Lipinski definition) is 2. The average molecular weight is 1030 g/mol. The molecule has 0 aliphatic heterocycles. The van der Waals surface area contributed by atoms with E-state index in [0.717, 1.165) is 33.7 Å². The molecule has 0 amide bonds. The second-order valence-corrected chi connectivity index (χ2v) is 21.5. The van der Waals surface area contributed by atoms with Gasteiger partial charge in [0.2, 0.25) is 0 Å². The van der Waals surface area contributed by atoms with Crippen LogP contribution in [0.25, 0.3) is 0 Å². The van der Waals surface area contributed by atoms with Crippen LogP contribution in [-0.2, 0) is 43.9 Å². The lowest BCUT2D eigenvalue weighted by Gasteiger charge is -2.33. The maximum Gasteiger partial charge on any atom is 0.265 e. The normalized spacial score (nSPS) is 13.1. The molecule has 3 aromatic carbocycles. The molecule has 382 valence electrons. The summed E-state index contributed by atoms with van der Waals surface area (Å²) in [6, 6.07) is 30.1. The van der Waals surface area contributed by atoms with Crippen molar-refractivity contribution in [1.82, 2.24) is 4.90 Å². The molecule has 1 aromatic heterocycles. The summed E-state index contributed by atoms with van der Waals surface area (Å²) in [5.74, 6) is -0.556. The number of thiophene rings is 1. The summed E-state index contributed by atoms with van der Waals surface area (Å²) in [6.45, 7) is 9.72. The number of likely N-dealkylation sites (N-methyl/N-ethyl adjacent to an activating group) is 2. The van der Waals surface area contributed by atoms with Gasteiger partial charge in [0.1, 0.15) is 35.8 Å². The fourth-order valence-electron chi connectivity index (χ4n) is 7.25. The first-order valence-electron chi connectivity index (χ1n) is 23.1. The van der Waals surface area contributed by atoms with E-state index >= 15 is 0 Å². The van der Waals surface area contributed by atoms with Crippen molar-refractivity contribution < 1.29 is 54.1 Å². The van der Waals surface area contributed by atoms with Gasteiger partial charge in [0.05, 0.1) is 96.3 Å². The SMILES string of the molecule is Cc1cc(N(CC(OCCOCCOCCN(C)CCCS(=O)(=O)O)c2ccccc2)CC(OCCOCC[N+](C)(C)CCCS(=O)(=O)O)c2ccccc2)ccc1/N=N/c1sc(C#N)c(C)c1C#N. The number of aryl methyl sites for hydroxylation is 1. The molecule has 4 aromatic rings. The van der Waals surface area contributed by atoms with Crippen molar-refractivity contribution in [2.24, 2.45) is 10.2 Å². The molecule has 0 fully saturated rings. The summed E-state index contributed by atoms with van der Waals surface area (Å²) in [4.78, 5) is 4.59. The molecule has 18 nitrogen and oxygen atoms in total. The lowest BCUT2D eigenvalue weighted by atomic mass is 10.1. The molecular weight excluding hydrogens is 959 g/mol. The fourth-order valence-corrected chi connectivity index (χ4v) is 9.12. The first-order chi connectivity index (χ1) is 33.4. The zero-order chi connectivity index (χ0) is 51.0. The van der Waals surface area contributed by atoms with Crippen LogP contribution < -0.4 is 4.90 Å². The van der Waals surface area contributed by atoms with Gasteiger partial charge in [-0.15, -0.1) is 21.6 Å². The van der Waals surface area contributed by atoms with Crippen LogP contribution in [0.1, 0.15) is 57.7 Å². The highest BCUT2D eigenvalue weighted by Crippen LogP contribution is 2.37. The van der Waals surface area contributed by atoms with Crippen molar-refractivity contribution in [3.8, 4) is 12.1 Å². The van der Waals surface area contributed by atoms with E-state index in [2.05, 4.69) is 27.3 Å². The summed E-state index contributed by atoms with van der Waals surface area (Å²) in [5, 5.41) is 28.6. The Bertz CT molecular complexity index is 2530. The van der Waals surface area contributed by atoms with Crippen molar-refractivity contribution in [2.75, 3.05) is 130 Å². The summed E-state index contributed by atoms with van der Waals surface area (Å²) >= 11 is 1.13. The largest absolute Gasteiger partial charge is 0.378 e. The standard InChI is InChI=1S/C49H67N7O11S3/c1-39-34-43(18-19-45(39)52-53-49-44(35-50)40(2)48(36-51)68-49)55(37-46(41-14-8-6-9-15-41)66-30-28-64-25-23-56(4,5)22-13-33-70(60,61)62)38-47(42-16-10-7-11-17-42)67-31-29-65-27-26-63-24-21-54(3)20-12-32-69(57,58)59/h6-11,14-19,34,46-47H,12-13,20-33,37-38H2,1-5H3,(H-,57,58,59,60,61,62)/p+1/b53-52+. The Morgan fingerprint density at radius 2 is 1.23 bits per heavy atom. The van der Waals surface area contributed by atoms with E-state index in [4.69, 9.17) is 32.8 Å². The summed E-state index contributed by atoms with van der Waals surface area (Å²) in [7, 11) is -2.14. The Hall–Kier alpha value is -4.72. The first kappa shape index (κ1) is 57.9. The maximum atomic E-state index is 11.2. The number of anilines is 1. The Labute approximate surface area is 418 Å². The smallest absolute Gasteiger partial charge is 0.265 e. The van der Waals surface area contributed by atoms with Crippen LogP contribution in [0.15, 0.2) is 89.1 Å². The van der Waals surface area contributed by atoms with Crippen molar-refractivity contribution in [1.29, 1.82) is 10.5 Å². The molecule has 4 rings (SSSR count). The molecule has 2 atom stereocenters. The highest BCUT2D eigenvalue weighted by atomic mass is 32.2. The zero-order valence-electron chi connectivity index (χ0n) is 40.8. The minimum Gasteiger partial charge on any atom is -0.378 e. The minimum absolute atomic E-state index is 0.277. The average Bonchev–Trinajstić information content (AvgIpc) is 3.63. The second-order valence-electron chi connectivity index (χ2n) is 17.4. The quantitative estimate of drug-likeness (QED) is 0.0200. The van der Waals surface area contributed by atoms with E-state index in [1.54, 1.807) is 6.92 Å². The Morgan fingerprint density at radius 3 is 1.77 bits per heavy atom. The van der Waals surface area contributed by atoms with Gasteiger partial charge in [-0.1, -0.05) is 60.7 Å². The fraction of sp³-hybridized carbons (Fsp3) is 0.510. The van der Waals surface area contributed by atoms with Crippen LogP contribution in [0.3, 0.4) is 0 Å². The molecule has 0 radical (unpaired) electrons. The molecule has 0 spiro atoms. The number of azo groups is 1. The highest BCUT2D eigenvalue weighted by molar-refractivity contribution is 7.86. The van der Waals surface area contributed by atoms with Gasteiger partial charge < -0.3 is 38.0 Å². The molecule has 0 bridgehead atoms. The molecular formula is C49H68N7O11S3+. The van der Waals surface area contributed by atoms with Crippen molar-refractivity contribution in [3.63, 3.8) is 0 Å². The number of hydrogen-bond acceptors (Lipinski definition) is 16. The Balaban J connectivity index is 1.49. The third-order valence-corrected chi connectivity index (χ3v) is 14.0.